The van der Waals surface area contributed by atoms with Gasteiger partial charge in [-0.05, 0) is 68.9 Å². The molecular formula is C20H30O3. The molecule has 0 aromatic carbocycles. The predicted octanol–water partition coefficient (Wildman–Crippen LogP) is 3.57. The summed E-state index contributed by atoms with van der Waals surface area (Å²) in [6.45, 7) is 9.94. The number of carbonyl (C=O) groups excluding carboxylic acids is 1. The molecule has 0 aromatic rings. The van der Waals surface area contributed by atoms with Crippen LogP contribution in [0.5, 0.6) is 0 Å². The highest BCUT2D eigenvalue weighted by Gasteiger charge is 2.55. The maximum Gasteiger partial charge on any atom is 0.190 e. The van der Waals surface area contributed by atoms with E-state index < -0.39 is 11.7 Å². The Kier molecular flexibility index (Phi) is 5.03. The molecular weight excluding hydrogens is 288 g/mol. The average molecular weight is 318 g/mol. The van der Waals surface area contributed by atoms with E-state index in [9.17, 15) is 15.0 Å². The molecule has 2 rings (SSSR count). The van der Waals surface area contributed by atoms with Crippen molar-refractivity contribution in [1.82, 2.24) is 0 Å². The van der Waals surface area contributed by atoms with Crippen LogP contribution in [0, 0.1) is 17.3 Å². The lowest BCUT2D eigenvalue weighted by Crippen LogP contribution is -2.21. The zero-order chi connectivity index (χ0) is 17.4. The van der Waals surface area contributed by atoms with E-state index in [4.69, 9.17) is 0 Å². The summed E-state index contributed by atoms with van der Waals surface area (Å²) in [6, 6.07) is 0. The molecule has 128 valence electrons. The topological polar surface area (TPSA) is 57.5 Å². The van der Waals surface area contributed by atoms with E-state index >= 15 is 0 Å². The minimum atomic E-state index is -1.08. The van der Waals surface area contributed by atoms with E-state index in [1.165, 1.54) is 0 Å². The van der Waals surface area contributed by atoms with Gasteiger partial charge in [0, 0.05) is 0 Å². The maximum atomic E-state index is 12.3. The van der Waals surface area contributed by atoms with Gasteiger partial charge in [-0.2, -0.15) is 0 Å². The Labute approximate surface area is 139 Å². The molecule has 0 spiro atoms. The van der Waals surface area contributed by atoms with E-state index in [2.05, 4.69) is 13.8 Å². The fourth-order valence-corrected chi connectivity index (χ4v) is 3.70. The summed E-state index contributed by atoms with van der Waals surface area (Å²) in [5, 5.41) is 20.6. The summed E-state index contributed by atoms with van der Waals surface area (Å²) in [5.41, 5.74) is 0.910. The fourth-order valence-electron chi connectivity index (χ4n) is 3.70. The van der Waals surface area contributed by atoms with Crippen LogP contribution in [0.3, 0.4) is 0 Å². The van der Waals surface area contributed by atoms with Crippen LogP contribution >= 0.6 is 0 Å². The standard InChI is InChI=1S/C20H30O3/c1-13-7-6-9-20(5,23)10-8-15-16(19(15,3)4)12-14(2)18(22)17(21)11-13/h6,9,11-12,15-17,21,23H,7-8,10H2,1-5H3/b9-6-,13-11-,14-12-/t15-,16-,17+,20?/m1/s1. The van der Waals surface area contributed by atoms with Gasteiger partial charge < -0.3 is 10.2 Å². The Morgan fingerprint density at radius 1 is 1.17 bits per heavy atom. The Bertz CT molecular complexity index is 563. The smallest absolute Gasteiger partial charge is 0.190 e. The lowest BCUT2D eigenvalue weighted by atomic mass is 9.94. The highest BCUT2D eigenvalue weighted by atomic mass is 16.3. The Balaban J connectivity index is 2.30. The van der Waals surface area contributed by atoms with Gasteiger partial charge in [0.1, 0.15) is 6.10 Å². The number of fused-ring (bicyclic) bond motifs is 1. The lowest BCUT2D eigenvalue weighted by molar-refractivity contribution is -0.121. The first-order valence-corrected chi connectivity index (χ1v) is 8.52. The molecule has 1 saturated carbocycles. The molecule has 2 N–H and O–H groups in total. The molecule has 3 heteroatoms. The normalized spacial score (nSPS) is 44.1. The zero-order valence-electron chi connectivity index (χ0n) is 15.0. The van der Waals surface area contributed by atoms with Crippen molar-refractivity contribution in [3.63, 3.8) is 0 Å². The quantitative estimate of drug-likeness (QED) is 0.671. The molecule has 4 atom stereocenters. The summed E-state index contributed by atoms with van der Waals surface area (Å²) in [4.78, 5) is 12.3. The van der Waals surface area contributed by atoms with Gasteiger partial charge in [-0.1, -0.05) is 37.6 Å². The van der Waals surface area contributed by atoms with Crippen molar-refractivity contribution >= 4 is 5.78 Å². The molecule has 0 aliphatic heterocycles. The predicted molar refractivity (Wildman–Crippen MR) is 92.9 cm³/mol. The highest BCUT2D eigenvalue weighted by Crippen LogP contribution is 2.61. The monoisotopic (exact) mass is 318 g/mol. The molecule has 3 nitrogen and oxygen atoms in total. The molecule has 0 amide bonds. The van der Waals surface area contributed by atoms with Crippen LogP contribution in [0.15, 0.2) is 35.5 Å². The van der Waals surface area contributed by atoms with Crippen LogP contribution in [-0.2, 0) is 4.79 Å². The van der Waals surface area contributed by atoms with Crippen LogP contribution in [0.1, 0.15) is 53.9 Å². The molecule has 0 bridgehead atoms. The average Bonchev–Trinajstić information content (AvgIpc) is 2.94. The summed E-state index contributed by atoms with van der Waals surface area (Å²) in [7, 11) is 0. The van der Waals surface area contributed by atoms with Crippen LogP contribution in [0.2, 0.25) is 0 Å². The van der Waals surface area contributed by atoms with Crippen molar-refractivity contribution in [2.45, 2.75) is 65.6 Å². The number of aliphatic hydroxyl groups excluding tert-OH is 1. The third-order valence-corrected chi connectivity index (χ3v) is 5.55. The lowest BCUT2D eigenvalue weighted by Gasteiger charge is -2.19. The number of aliphatic hydroxyl groups is 2. The van der Waals surface area contributed by atoms with Crippen molar-refractivity contribution in [2.75, 3.05) is 0 Å². The largest absolute Gasteiger partial charge is 0.386 e. The number of hydrogen-bond acceptors (Lipinski definition) is 3. The molecule has 1 unspecified atom stereocenters. The molecule has 0 saturated heterocycles. The molecule has 0 aromatic heterocycles. The molecule has 1 fully saturated rings. The van der Waals surface area contributed by atoms with E-state index in [1.807, 2.05) is 32.1 Å². The molecule has 0 heterocycles. The Morgan fingerprint density at radius 2 is 1.83 bits per heavy atom. The zero-order valence-corrected chi connectivity index (χ0v) is 15.0. The van der Waals surface area contributed by atoms with Crippen LogP contribution in [0.4, 0.5) is 0 Å². The van der Waals surface area contributed by atoms with E-state index in [0.29, 0.717) is 23.8 Å². The first-order valence-electron chi connectivity index (χ1n) is 8.52. The number of Topliss-reactive ketones (excluding diaryl/α,β-unsaturated/α-hetero) is 1. The molecule has 23 heavy (non-hydrogen) atoms. The number of rotatable bonds is 0. The van der Waals surface area contributed by atoms with E-state index in [0.717, 1.165) is 18.4 Å². The van der Waals surface area contributed by atoms with Gasteiger partial charge >= 0.3 is 0 Å². The van der Waals surface area contributed by atoms with Gasteiger partial charge in [-0.3, -0.25) is 4.79 Å². The third-order valence-electron chi connectivity index (χ3n) is 5.55. The van der Waals surface area contributed by atoms with Crippen LogP contribution in [-0.4, -0.2) is 27.7 Å². The van der Waals surface area contributed by atoms with Gasteiger partial charge in [0.05, 0.1) is 5.60 Å². The van der Waals surface area contributed by atoms with Crippen LogP contribution in [0.25, 0.3) is 0 Å². The van der Waals surface area contributed by atoms with Crippen molar-refractivity contribution in [3.05, 3.63) is 35.5 Å². The van der Waals surface area contributed by atoms with E-state index in [1.54, 1.807) is 13.0 Å². The second-order valence-corrected chi connectivity index (χ2v) is 8.13. The van der Waals surface area contributed by atoms with Gasteiger partial charge in [0.25, 0.3) is 0 Å². The summed E-state index contributed by atoms with van der Waals surface area (Å²) < 4.78 is 0. The highest BCUT2D eigenvalue weighted by molar-refractivity contribution is 5.99. The summed E-state index contributed by atoms with van der Waals surface area (Å²) in [6.07, 6.45) is 8.60. The minimum absolute atomic E-state index is 0.151. The number of ketones is 1. The van der Waals surface area contributed by atoms with E-state index in [-0.39, 0.29) is 11.2 Å². The molecule has 0 radical (unpaired) electrons. The maximum absolute atomic E-state index is 12.3. The SMILES string of the molecule is C/C1=C/[C@H](O)C(=O)/C(C)=C\[C@@H]2[C@@H](CCC(C)(O)/C=C\C1)C2(C)C. The van der Waals surface area contributed by atoms with Gasteiger partial charge in [0.15, 0.2) is 5.78 Å². The first kappa shape index (κ1) is 18.2. The molecule has 2 aliphatic rings. The third kappa shape index (κ3) is 4.21. The first-order chi connectivity index (χ1) is 10.5. The minimum Gasteiger partial charge on any atom is -0.386 e. The number of hydrogen-bond donors (Lipinski definition) is 2. The summed E-state index contributed by atoms with van der Waals surface area (Å²) >= 11 is 0. The fraction of sp³-hybridized carbons (Fsp3) is 0.650. The Hall–Kier alpha value is -1.19. The second kappa shape index (κ2) is 6.37. The van der Waals surface area contributed by atoms with Crippen molar-refractivity contribution in [1.29, 1.82) is 0 Å². The number of carbonyl (C=O) groups is 1. The Morgan fingerprint density at radius 3 is 2.48 bits per heavy atom. The van der Waals surface area contributed by atoms with Gasteiger partial charge in [-0.25, -0.2) is 0 Å². The van der Waals surface area contributed by atoms with Gasteiger partial charge in [-0.15, -0.1) is 0 Å². The van der Waals surface area contributed by atoms with Crippen molar-refractivity contribution in [2.24, 2.45) is 17.3 Å². The van der Waals surface area contributed by atoms with Crippen molar-refractivity contribution < 1.29 is 15.0 Å². The van der Waals surface area contributed by atoms with Gasteiger partial charge in [0.2, 0.25) is 0 Å². The number of allylic oxidation sites excluding steroid dienone is 3. The second-order valence-electron chi connectivity index (χ2n) is 8.13. The summed E-state index contributed by atoms with van der Waals surface area (Å²) in [5.74, 6) is 0.604. The van der Waals surface area contributed by atoms with Crippen LogP contribution < -0.4 is 0 Å². The van der Waals surface area contributed by atoms with Crippen molar-refractivity contribution in [3.8, 4) is 0 Å². The molecule has 2 aliphatic carbocycles.